The van der Waals surface area contributed by atoms with Gasteiger partial charge in [0.15, 0.2) is 0 Å². The fraction of sp³-hybridized carbons (Fsp3) is 0.214. The Hall–Kier alpha value is -2.27. The van der Waals surface area contributed by atoms with Crippen molar-refractivity contribution in [2.75, 3.05) is 11.9 Å². The highest BCUT2D eigenvalue weighted by molar-refractivity contribution is 5.88. The molecule has 0 unspecified atom stereocenters. The molecule has 0 aliphatic rings. The van der Waals surface area contributed by atoms with Gasteiger partial charge in [-0.05, 0) is 30.7 Å². The summed E-state index contributed by atoms with van der Waals surface area (Å²) in [4.78, 5) is 16.5. The maximum absolute atomic E-state index is 11.4. The summed E-state index contributed by atoms with van der Waals surface area (Å²) < 4.78 is 5.18. The van der Waals surface area contributed by atoms with Gasteiger partial charge < -0.3 is 9.73 Å². The number of anilines is 1. The predicted molar refractivity (Wildman–Crippen MR) is 71.6 cm³/mol. The first-order chi connectivity index (χ1) is 9.34. The van der Waals surface area contributed by atoms with Crippen LogP contribution in [0.2, 0.25) is 0 Å². The third-order valence-electron chi connectivity index (χ3n) is 2.45. The molecule has 0 radical (unpaired) electrons. The zero-order valence-corrected chi connectivity index (χ0v) is 10.5. The van der Waals surface area contributed by atoms with Gasteiger partial charge in [-0.2, -0.15) is 0 Å². The number of carbonyl (C=O) groups is 1. The van der Waals surface area contributed by atoms with Crippen LogP contribution in [0.4, 0.5) is 10.5 Å². The summed E-state index contributed by atoms with van der Waals surface area (Å²) in [6.45, 7) is 0.433. The molecule has 2 amide bonds. The van der Waals surface area contributed by atoms with E-state index in [2.05, 4.69) is 10.8 Å². The fourth-order valence-corrected chi connectivity index (χ4v) is 1.57. The Balaban J connectivity index is 1.57. The Morgan fingerprint density at radius 3 is 2.74 bits per heavy atom. The lowest BCUT2D eigenvalue weighted by Crippen LogP contribution is -2.29. The second kappa shape index (κ2) is 7.23. The van der Waals surface area contributed by atoms with Gasteiger partial charge in [0.2, 0.25) is 0 Å². The molecule has 0 bridgehead atoms. The fourth-order valence-electron chi connectivity index (χ4n) is 1.57. The summed E-state index contributed by atoms with van der Waals surface area (Å²) in [5.41, 5.74) is 3.05. The molecule has 1 aromatic heterocycles. The normalized spacial score (nSPS) is 10.1. The third-order valence-corrected chi connectivity index (χ3v) is 2.45. The Morgan fingerprint density at radius 1 is 1.16 bits per heavy atom. The van der Waals surface area contributed by atoms with Crippen LogP contribution in [-0.4, -0.2) is 12.6 Å². The summed E-state index contributed by atoms with van der Waals surface area (Å²) in [6, 6.07) is 12.6. The van der Waals surface area contributed by atoms with Crippen LogP contribution in [0.5, 0.6) is 0 Å². The first kappa shape index (κ1) is 13.2. The van der Waals surface area contributed by atoms with Gasteiger partial charge in [0.1, 0.15) is 5.76 Å². The summed E-state index contributed by atoms with van der Waals surface area (Å²) in [5, 5.41) is 2.65. The van der Waals surface area contributed by atoms with E-state index in [1.807, 2.05) is 30.3 Å². The SMILES string of the molecule is O=C(NOCCCc1ccco1)Nc1ccccc1. The Morgan fingerprint density at radius 2 is 2.00 bits per heavy atom. The molecule has 0 aliphatic carbocycles. The summed E-state index contributed by atoms with van der Waals surface area (Å²) in [5.74, 6) is 0.914. The minimum Gasteiger partial charge on any atom is -0.469 e. The molecule has 5 heteroatoms. The number of rotatable bonds is 6. The summed E-state index contributed by atoms with van der Waals surface area (Å²) >= 11 is 0. The van der Waals surface area contributed by atoms with Crippen molar-refractivity contribution in [3.63, 3.8) is 0 Å². The lowest BCUT2D eigenvalue weighted by Gasteiger charge is -2.07. The average molecular weight is 260 g/mol. The monoisotopic (exact) mass is 260 g/mol. The highest BCUT2D eigenvalue weighted by Crippen LogP contribution is 2.04. The standard InChI is InChI=1S/C14H16N2O3/c17-14(15-12-6-2-1-3-7-12)16-19-11-5-9-13-8-4-10-18-13/h1-4,6-8,10H,5,9,11H2,(H2,15,16,17). The molecular formula is C14H16N2O3. The highest BCUT2D eigenvalue weighted by atomic mass is 16.7. The van der Waals surface area contributed by atoms with E-state index in [0.717, 1.165) is 24.3 Å². The molecule has 100 valence electrons. The zero-order valence-electron chi connectivity index (χ0n) is 10.5. The van der Waals surface area contributed by atoms with Crippen molar-refractivity contribution in [1.29, 1.82) is 0 Å². The minimum atomic E-state index is -0.385. The van der Waals surface area contributed by atoms with E-state index in [1.165, 1.54) is 0 Å². The van der Waals surface area contributed by atoms with E-state index in [4.69, 9.17) is 9.25 Å². The van der Waals surface area contributed by atoms with Crippen molar-refractivity contribution in [2.45, 2.75) is 12.8 Å². The first-order valence-electron chi connectivity index (χ1n) is 6.11. The van der Waals surface area contributed by atoms with Crippen LogP contribution >= 0.6 is 0 Å². The number of hydrogen-bond acceptors (Lipinski definition) is 3. The van der Waals surface area contributed by atoms with Gasteiger partial charge in [0, 0.05) is 12.1 Å². The Kier molecular flexibility index (Phi) is 5.01. The van der Waals surface area contributed by atoms with Crippen molar-refractivity contribution in [2.24, 2.45) is 0 Å². The number of urea groups is 1. The van der Waals surface area contributed by atoms with Crippen LogP contribution in [0.15, 0.2) is 53.1 Å². The first-order valence-corrected chi connectivity index (χ1v) is 6.11. The second-order valence-corrected chi connectivity index (χ2v) is 3.95. The van der Waals surface area contributed by atoms with Gasteiger partial charge in [0.05, 0.1) is 12.9 Å². The number of furan rings is 1. The van der Waals surface area contributed by atoms with Crippen molar-refractivity contribution in [3.05, 3.63) is 54.5 Å². The van der Waals surface area contributed by atoms with Crippen LogP contribution in [-0.2, 0) is 11.3 Å². The molecule has 1 heterocycles. The van der Waals surface area contributed by atoms with Crippen LogP contribution in [0.25, 0.3) is 0 Å². The molecule has 0 saturated heterocycles. The molecule has 0 fully saturated rings. The molecule has 0 saturated carbocycles. The molecule has 19 heavy (non-hydrogen) atoms. The highest BCUT2D eigenvalue weighted by Gasteiger charge is 2.01. The van der Waals surface area contributed by atoms with Gasteiger partial charge in [-0.15, -0.1) is 0 Å². The smallest absolute Gasteiger partial charge is 0.343 e. The van der Waals surface area contributed by atoms with E-state index in [0.29, 0.717) is 6.61 Å². The number of hydroxylamine groups is 1. The number of nitrogens with one attached hydrogen (secondary N) is 2. The van der Waals surface area contributed by atoms with Crippen molar-refractivity contribution in [3.8, 4) is 0 Å². The quantitative estimate of drug-likeness (QED) is 0.620. The van der Waals surface area contributed by atoms with Crippen molar-refractivity contribution >= 4 is 11.7 Å². The molecule has 0 atom stereocenters. The van der Waals surface area contributed by atoms with Gasteiger partial charge in [-0.1, -0.05) is 18.2 Å². The lowest BCUT2D eigenvalue weighted by atomic mass is 10.3. The molecule has 0 spiro atoms. The number of benzene rings is 1. The molecule has 0 aliphatic heterocycles. The molecular weight excluding hydrogens is 244 g/mol. The van der Waals surface area contributed by atoms with Gasteiger partial charge in [0.25, 0.3) is 0 Å². The molecule has 1 aromatic carbocycles. The molecule has 2 aromatic rings. The van der Waals surface area contributed by atoms with E-state index >= 15 is 0 Å². The lowest BCUT2D eigenvalue weighted by molar-refractivity contribution is 0.0639. The second-order valence-electron chi connectivity index (χ2n) is 3.95. The van der Waals surface area contributed by atoms with E-state index in [9.17, 15) is 4.79 Å². The van der Waals surface area contributed by atoms with Crippen LogP contribution in [0.1, 0.15) is 12.2 Å². The van der Waals surface area contributed by atoms with Gasteiger partial charge in [-0.3, -0.25) is 4.84 Å². The summed E-state index contributed by atoms with van der Waals surface area (Å²) in [7, 11) is 0. The zero-order chi connectivity index (χ0) is 13.3. The van der Waals surface area contributed by atoms with Crippen LogP contribution in [0, 0.1) is 0 Å². The largest absolute Gasteiger partial charge is 0.469 e. The number of amides is 2. The third kappa shape index (κ3) is 4.85. The van der Waals surface area contributed by atoms with Crippen LogP contribution < -0.4 is 10.8 Å². The Labute approximate surface area is 111 Å². The van der Waals surface area contributed by atoms with E-state index in [1.54, 1.807) is 18.4 Å². The maximum Gasteiger partial charge on any atom is 0.343 e. The average Bonchev–Trinajstić information content (AvgIpc) is 2.92. The Bertz CT molecular complexity index is 483. The molecule has 5 nitrogen and oxygen atoms in total. The van der Waals surface area contributed by atoms with E-state index < -0.39 is 0 Å². The minimum absolute atomic E-state index is 0.385. The van der Waals surface area contributed by atoms with Gasteiger partial charge >= 0.3 is 6.03 Å². The predicted octanol–water partition coefficient (Wildman–Crippen LogP) is 2.97. The van der Waals surface area contributed by atoms with Crippen molar-refractivity contribution in [1.82, 2.24) is 5.48 Å². The van der Waals surface area contributed by atoms with Gasteiger partial charge in [-0.25, -0.2) is 10.3 Å². The topological polar surface area (TPSA) is 63.5 Å². The summed E-state index contributed by atoms with van der Waals surface area (Å²) in [6.07, 6.45) is 3.20. The maximum atomic E-state index is 11.4. The number of hydrogen-bond donors (Lipinski definition) is 2. The number of carbonyl (C=O) groups excluding carboxylic acids is 1. The van der Waals surface area contributed by atoms with E-state index in [-0.39, 0.29) is 6.03 Å². The number of para-hydroxylation sites is 1. The van der Waals surface area contributed by atoms with Crippen LogP contribution in [0.3, 0.4) is 0 Å². The molecule has 2 N–H and O–H groups in total. The molecule has 2 rings (SSSR count). The number of aryl methyl sites for hydroxylation is 1. The van der Waals surface area contributed by atoms with Crippen molar-refractivity contribution < 1.29 is 14.0 Å².